The number of hydrogen-bond acceptors (Lipinski definition) is 5. The Morgan fingerprint density at radius 2 is 1.83 bits per heavy atom. The summed E-state index contributed by atoms with van der Waals surface area (Å²) in [5, 5.41) is 7.15. The van der Waals surface area contributed by atoms with E-state index in [1.807, 2.05) is 53.5 Å². The zero-order valence-corrected chi connectivity index (χ0v) is 21.4. The van der Waals surface area contributed by atoms with E-state index in [-0.39, 0.29) is 11.8 Å². The maximum Gasteiger partial charge on any atom is 0.257 e. The molecule has 9 heteroatoms. The normalized spacial score (nSPS) is 15.8. The lowest BCUT2D eigenvalue weighted by Gasteiger charge is -2.32. The number of fused-ring (bicyclic) bond motifs is 1. The quantitative estimate of drug-likeness (QED) is 0.484. The molecule has 2 aromatic heterocycles. The molecule has 2 amide bonds. The fraction of sp³-hybridized carbons (Fsp3) is 0.423. The van der Waals surface area contributed by atoms with E-state index in [1.165, 1.54) is 12.5 Å². The van der Waals surface area contributed by atoms with Crippen LogP contribution in [0.2, 0.25) is 0 Å². The molecule has 1 saturated heterocycles. The average molecular weight is 496 g/mol. The van der Waals surface area contributed by atoms with Crippen LogP contribution in [0.4, 0.5) is 0 Å². The second-order valence-electron chi connectivity index (χ2n) is 8.83. The lowest BCUT2D eigenvalue weighted by Crippen LogP contribution is -2.37. The molecule has 4 rings (SSSR count). The Bertz CT molecular complexity index is 1170. The smallest absolute Gasteiger partial charge is 0.257 e. The highest BCUT2D eigenvalue weighted by molar-refractivity contribution is 7.89. The third kappa shape index (κ3) is 5.69. The number of nitrogens with one attached hydrogen (secondary N) is 1. The van der Waals surface area contributed by atoms with Crippen molar-refractivity contribution in [1.82, 2.24) is 24.1 Å². The second-order valence-corrected chi connectivity index (χ2v) is 10.3. The largest absolute Gasteiger partial charge is 0.593 e. The van der Waals surface area contributed by atoms with Crippen LogP contribution >= 0.6 is 0 Å². The number of carbonyl (C=O) groups excluding carboxylic acids is 2. The number of hydrogen-bond donors (Lipinski definition) is 1. The summed E-state index contributed by atoms with van der Waals surface area (Å²) < 4.78 is 16.9. The van der Waals surface area contributed by atoms with E-state index in [0.29, 0.717) is 31.1 Å². The summed E-state index contributed by atoms with van der Waals surface area (Å²) in [5.41, 5.74) is 3.65. The molecule has 0 saturated carbocycles. The first-order valence-corrected chi connectivity index (χ1v) is 13.3. The number of benzene rings is 1. The first-order chi connectivity index (χ1) is 16.9. The van der Waals surface area contributed by atoms with Gasteiger partial charge in [-0.2, -0.15) is 5.10 Å². The predicted molar refractivity (Wildman–Crippen MR) is 136 cm³/mol. The fourth-order valence-electron chi connectivity index (χ4n) is 4.55. The molecule has 1 atom stereocenters. The van der Waals surface area contributed by atoms with Gasteiger partial charge < -0.3 is 14.8 Å². The van der Waals surface area contributed by atoms with Crippen molar-refractivity contribution >= 4 is 28.7 Å². The predicted octanol–water partition coefficient (Wildman–Crippen LogP) is 3.35. The Morgan fingerprint density at radius 3 is 2.46 bits per heavy atom. The summed E-state index contributed by atoms with van der Waals surface area (Å²) in [6.07, 6.45) is 5.38. The molecule has 1 aliphatic heterocycles. The Hall–Kier alpha value is -2.88. The van der Waals surface area contributed by atoms with E-state index in [2.05, 4.69) is 22.5 Å². The van der Waals surface area contributed by atoms with Crippen molar-refractivity contribution in [3.8, 4) is 0 Å². The summed E-state index contributed by atoms with van der Waals surface area (Å²) in [5.74, 6) is 0.287. The minimum Gasteiger partial charge on any atom is -0.593 e. The molecule has 0 spiro atoms. The molecule has 0 bridgehead atoms. The van der Waals surface area contributed by atoms with Gasteiger partial charge in [0.05, 0.1) is 28.6 Å². The molecular weight excluding hydrogens is 462 g/mol. The van der Waals surface area contributed by atoms with Gasteiger partial charge in [-0.3, -0.25) is 9.59 Å². The molecular formula is C26H33N5O3S. The van der Waals surface area contributed by atoms with E-state index in [1.54, 1.807) is 10.7 Å². The molecule has 3 aromatic rings. The van der Waals surface area contributed by atoms with Crippen LogP contribution in [-0.4, -0.2) is 61.4 Å². The van der Waals surface area contributed by atoms with Crippen LogP contribution < -0.4 is 5.32 Å². The number of amides is 2. The number of nitrogens with zero attached hydrogens (tertiary/aromatic N) is 4. The van der Waals surface area contributed by atoms with Crippen LogP contribution in [-0.2, 0) is 22.7 Å². The second kappa shape index (κ2) is 11.2. The van der Waals surface area contributed by atoms with Crippen molar-refractivity contribution in [2.75, 3.05) is 26.2 Å². The standard InChI is InChI=1S/C26H33N5O3S/c1-4-29(5-2)26(33)24-18-28-31-15-12-22(16-25(24)31)21-10-13-30(14-11-21)35(34)23-8-6-20(7-9-23)17-27-19(3)32/h6-9,12,15-16,18,21H,4-5,10-11,13-14,17H2,1-3H3,(H,27,32). The van der Waals surface area contributed by atoms with Gasteiger partial charge in [-0.1, -0.05) is 12.1 Å². The maximum atomic E-state index is 13.1. The van der Waals surface area contributed by atoms with Gasteiger partial charge >= 0.3 is 0 Å². The van der Waals surface area contributed by atoms with Gasteiger partial charge in [-0.15, -0.1) is 4.31 Å². The Balaban J connectivity index is 1.41. The highest BCUT2D eigenvalue weighted by Crippen LogP contribution is 2.32. The van der Waals surface area contributed by atoms with Gasteiger partial charge in [0.2, 0.25) is 5.91 Å². The van der Waals surface area contributed by atoms with Gasteiger partial charge in [0.1, 0.15) is 0 Å². The van der Waals surface area contributed by atoms with Crippen molar-refractivity contribution in [3.05, 3.63) is 65.5 Å². The molecule has 186 valence electrons. The van der Waals surface area contributed by atoms with Crippen LogP contribution in [0.3, 0.4) is 0 Å². The highest BCUT2D eigenvalue weighted by atomic mass is 32.2. The monoisotopic (exact) mass is 495 g/mol. The zero-order chi connectivity index (χ0) is 24.9. The van der Waals surface area contributed by atoms with Gasteiger partial charge in [-0.05, 0) is 68.0 Å². The van der Waals surface area contributed by atoms with E-state index < -0.39 is 11.4 Å². The number of rotatable bonds is 8. The number of piperidine rings is 1. The van der Waals surface area contributed by atoms with Crippen molar-refractivity contribution in [1.29, 1.82) is 0 Å². The summed E-state index contributed by atoms with van der Waals surface area (Å²) >= 11 is -1.21. The SMILES string of the molecule is CCN(CC)C(=O)c1cnn2ccc(C3CCN([S+]([O-])c4ccc(CNC(C)=O)cc4)CC3)cc12. The molecule has 1 N–H and O–H groups in total. The minimum absolute atomic E-state index is 0.00968. The van der Waals surface area contributed by atoms with Crippen LogP contribution in [0.1, 0.15) is 61.0 Å². The number of aromatic nitrogens is 2. The molecule has 3 heterocycles. The van der Waals surface area contributed by atoms with Crippen LogP contribution in [0.5, 0.6) is 0 Å². The third-order valence-corrected chi connectivity index (χ3v) is 8.16. The van der Waals surface area contributed by atoms with E-state index in [9.17, 15) is 14.1 Å². The van der Waals surface area contributed by atoms with Crippen molar-refractivity contribution < 1.29 is 14.1 Å². The third-order valence-electron chi connectivity index (χ3n) is 6.65. The highest BCUT2D eigenvalue weighted by Gasteiger charge is 2.29. The zero-order valence-electron chi connectivity index (χ0n) is 20.6. The van der Waals surface area contributed by atoms with E-state index in [0.717, 1.165) is 41.9 Å². The Kier molecular flexibility index (Phi) is 8.10. The van der Waals surface area contributed by atoms with Gasteiger partial charge in [0.25, 0.3) is 5.91 Å². The Morgan fingerprint density at radius 1 is 1.14 bits per heavy atom. The van der Waals surface area contributed by atoms with E-state index in [4.69, 9.17) is 0 Å². The maximum absolute atomic E-state index is 13.1. The van der Waals surface area contributed by atoms with Crippen LogP contribution in [0.15, 0.2) is 53.7 Å². The molecule has 8 nitrogen and oxygen atoms in total. The number of carbonyl (C=O) groups is 2. The molecule has 1 unspecified atom stereocenters. The van der Waals surface area contributed by atoms with Crippen molar-refractivity contribution in [3.63, 3.8) is 0 Å². The number of pyridine rings is 1. The first kappa shape index (κ1) is 25.2. The summed E-state index contributed by atoms with van der Waals surface area (Å²) in [7, 11) is 0. The van der Waals surface area contributed by atoms with Gasteiger partial charge in [0, 0.05) is 45.8 Å². The molecule has 0 aliphatic carbocycles. The average Bonchev–Trinajstić information content (AvgIpc) is 3.31. The fourth-order valence-corrected chi connectivity index (χ4v) is 5.76. The molecule has 1 fully saturated rings. The molecule has 0 radical (unpaired) electrons. The molecule has 1 aliphatic rings. The topological polar surface area (TPSA) is 93.0 Å². The van der Waals surface area contributed by atoms with Gasteiger partial charge in [0.15, 0.2) is 4.90 Å². The van der Waals surface area contributed by atoms with Crippen molar-refractivity contribution in [2.45, 2.75) is 51.0 Å². The van der Waals surface area contributed by atoms with Crippen LogP contribution in [0.25, 0.3) is 5.52 Å². The van der Waals surface area contributed by atoms with E-state index >= 15 is 0 Å². The van der Waals surface area contributed by atoms with Crippen LogP contribution in [0, 0.1) is 0 Å². The van der Waals surface area contributed by atoms with Crippen molar-refractivity contribution in [2.24, 2.45) is 0 Å². The summed E-state index contributed by atoms with van der Waals surface area (Å²) in [6, 6.07) is 11.7. The molecule has 35 heavy (non-hydrogen) atoms. The lowest BCUT2D eigenvalue weighted by atomic mass is 9.90. The summed E-state index contributed by atoms with van der Waals surface area (Å²) in [6.45, 7) is 8.73. The first-order valence-electron chi connectivity index (χ1n) is 12.2. The Labute approximate surface area is 209 Å². The summed E-state index contributed by atoms with van der Waals surface area (Å²) in [4.78, 5) is 26.6. The van der Waals surface area contributed by atoms with Gasteiger partial charge in [-0.25, -0.2) is 4.52 Å². The minimum atomic E-state index is -1.21. The molecule has 1 aromatic carbocycles. The lowest BCUT2D eigenvalue weighted by molar-refractivity contribution is -0.119.